The number of hydrogen-bond donors (Lipinski definition) is 1. The molecule has 0 saturated carbocycles. The molecular formula is C23H30N4O4S. The number of rotatable bonds is 6. The fourth-order valence-corrected chi connectivity index (χ4v) is 5.47. The van der Waals surface area contributed by atoms with Crippen molar-refractivity contribution in [2.24, 2.45) is 0 Å². The highest BCUT2D eigenvalue weighted by atomic mass is 32.2. The van der Waals surface area contributed by atoms with Gasteiger partial charge in [0.05, 0.1) is 24.2 Å². The monoisotopic (exact) mass is 458 g/mol. The highest BCUT2D eigenvalue weighted by Gasteiger charge is 2.27. The molecule has 0 unspecified atom stereocenters. The summed E-state index contributed by atoms with van der Waals surface area (Å²) in [5.74, 6) is -0.0954. The first-order valence-electron chi connectivity index (χ1n) is 11.0. The van der Waals surface area contributed by atoms with Crippen LogP contribution in [0.3, 0.4) is 0 Å². The first-order valence-corrected chi connectivity index (χ1v) is 12.4. The van der Waals surface area contributed by atoms with Crippen molar-refractivity contribution in [3.8, 4) is 0 Å². The Balaban J connectivity index is 1.32. The van der Waals surface area contributed by atoms with Crippen LogP contribution in [0.25, 0.3) is 0 Å². The lowest BCUT2D eigenvalue weighted by Crippen LogP contribution is -2.52. The number of hydrogen-bond acceptors (Lipinski definition) is 6. The van der Waals surface area contributed by atoms with Crippen LogP contribution in [-0.2, 0) is 19.6 Å². The maximum absolute atomic E-state index is 12.8. The molecule has 0 bridgehead atoms. The van der Waals surface area contributed by atoms with E-state index in [0.717, 1.165) is 26.2 Å². The second-order valence-corrected chi connectivity index (χ2v) is 10.0. The fourth-order valence-electron chi connectivity index (χ4n) is 4.07. The second kappa shape index (κ2) is 9.99. The Morgan fingerprint density at radius 3 is 2.16 bits per heavy atom. The minimum absolute atomic E-state index is 0.0954. The summed E-state index contributed by atoms with van der Waals surface area (Å²) in [6.45, 7) is 6.79. The van der Waals surface area contributed by atoms with Gasteiger partial charge in [-0.25, -0.2) is 8.42 Å². The van der Waals surface area contributed by atoms with Crippen LogP contribution in [0.4, 0.5) is 11.4 Å². The van der Waals surface area contributed by atoms with Crippen molar-refractivity contribution >= 4 is 27.3 Å². The van der Waals surface area contributed by atoms with Crippen molar-refractivity contribution < 1.29 is 17.9 Å². The number of benzene rings is 2. The molecule has 0 spiro atoms. The van der Waals surface area contributed by atoms with Crippen LogP contribution in [0.2, 0.25) is 0 Å². The van der Waals surface area contributed by atoms with E-state index >= 15 is 0 Å². The molecule has 1 N–H and O–H groups in total. The Labute approximate surface area is 189 Å². The molecule has 1 amide bonds. The number of carbonyl (C=O) groups excluding carboxylic acids is 1. The number of piperazine rings is 1. The smallest absolute Gasteiger partial charge is 0.243 e. The number of anilines is 2. The van der Waals surface area contributed by atoms with Gasteiger partial charge in [0.25, 0.3) is 0 Å². The average molecular weight is 459 g/mol. The molecule has 0 aromatic heterocycles. The second-order valence-electron chi connectivity index (χ2n) is 8.06. The van der Waals surface area contributed by atoms with Crippen LogP contribution >= 0.6 is 0 Å². The summed E-state index contributed by atoms with van der Waals surface area (Å²) in [5, 5.41) is 2.92. The average Bonchev–Trinajstić information content (AvgIpc) is 2.85. The van der Waals surface area contributed by atoms with E-state index in [1.165, 1.54) is 9.99 Å². The van der Waals surface area contributed by atoms with Crippen molar-refractivity contribution in [1.82, 2.24) is 9.21 Å². The third-order valence-electron chi connectivity index (χ3n) is 6.09. The topological polar surface area (TPSA) is 82.2 Å². The van der Waals surface area contributed by atoms with Gasteiger partial charge in [0, 0.05) is 50.6 Å². The van der Waals surface area contributed by atoms with Crippen molar-refractivity contribution in [2.45, 2.75) is 17.9 Å². The van der Waals surface area contributed by atoms with Crippen molar-refractivity contribution in [3.63, 3.8) is 0 Å². The van der Waals surface area contributed by atoms with E-state index in [2.05, 4.69) is 27.2 Å². The fraction of sp³-hybridized carbons (Fsp3) is 0.435. The van der Waals surface area contributed by atoms with E-state index in [0.29, 0.717) is 32.0 Å². The molecule has 2 aliphatic rings. The Kier molecular flexibility index (Phi) is 7.10. The van der Waals surface area contributed by atoms with Crippen LogP contribution < -0.4 is 10.2 Å². The maximum Gasteiger partial charge on any atom is 0.243 e. The molecule has 2 saturated heterocycles. The van der Waals surface area contributed by atoms with Gasteiger partial charge in [0.1, 0.15) is 0 Å². The van der Waals surface area contributed by atoms with Gasteiger partial charge in [-0.05, 0) is 43.3 Å². The molecular weight excluding hydrogens is 428 g/mol. The molecule has 2 fully saturated rings. The van der Waals surface area contributed by atoms with E-state index in [4.69, 9.17) is 4.74 Å². The summed E-state index contributed by atoms with van der Waals surface area (Å²) < 4.78 is 32.1. The SMILES string of the molecule is C[C@@H](C(=O)Nc1ccc(S(=O)(=O)N2CCOCC2)cc1)N1CCN(c2ccccc2)CC1. The minimum Gasteiger partial charge on any atom is -0.379 e. The van der Waals surface area contributed by atoms with Crippen LogP contribution in [0.15, 0.2) is 59.5 Å². The van der Waals surface area contributed by atoms with Crippen molar-refractivity contribution in [2.75, 3.05) is 62.7 Å². The van der Waals surface area contributed by atoms with Crippen LogP contribution in [0.1, 0.15) is 6.92 Å². The van der Waals surface area contributed by atoms with Gasteiger partial charge in [0.15, 0.2) is 0 Å². The first-order chi connectivity index (χ1) is 15.4. The van der Waals surface area contributed by atoms with E-state index < -0.39 is 10.0 Å². The minimum atomic E-state index is -3.54. The third kappa shape index (κ3) is 5.12. The molecule has 9 heteroatoms. The van der Waals surface area contributed by atoms with Crippen LogP contribution in [0, 0.1) is 0 Å². The summed E-state index contributed by atoms with van der Waals surface area (Å²) in [6.07, 6.45) is 0. The highest BCUT2D eigenvalue weighted by molar-refractivity contribution is 7.89. The van der Waals surface area contributed by atoms with Gasteiger partial charge in [-0.1, -0.05) is 18.2 Å². The van der Waals surface area contributed by atoms with Gasteiger partial charge in [-0.3, -0.25) is 9.69 Å². The molecule has 2 aromatic carbocycles. The zero-order chi connectivity index (χ0) is 22.6. The van der Waals surface area contributed by atoms with Gasteiger partial charge in [-0.15, -0.1) is 0 Å². The summed E-state index contributed by atoms with van der Waals surface area (Å²) >= 11 is 0. The molecule has 2 aliphatic heterocycles. The maximum atomic E-state index is 12.8. The number of morpholine rings is 1. The Bertz CT molecular complexity index is 1000. The van der Waals surface area contributed by atoms with E-state index in [1.807, 2.05) is 25.1 Å². The molecule has 1 atom stereocenters. The van der Waals surface area contributed by atoms with E-state index in [1.54, 1.807) is 24.3 Å². The lowest BCUT2D eigenvalue weighted by Gasteiger charge is -2.38. The summed E-state index contributed by atoms with van der Waals surface area (Å²) in [6, 6.07) is 16.4. The van der Waals surface area contributed by atoms with Gasteiger partial charge < -0.3 is 15.0 Å². The lowest BCUT2D eigenvalue weighted by molar-refractivity contribution is -0.120. The molecule has 4 rings (SSSR count). The molecule has 32 heavy (non-hydrogen) atoms. The van der Waals surface area contributed by atoms with E-state index in [-0.39, 0.29) is 16.8 Å². The lowest BCUT2D eigenvalue weighted by atomic mass is 10.2. The Hall–Kier alpha value is -2.46. The highest BCUT2D eigenvalue weighted by Crippen LogP contribution is 2.20. The third-order valence-corrected chi connectivity index (χ3v) is 8.01. The Morgan fingerprint density at radius 2 is 1.53 bits per heavy atom. The Morgan fingerprint density at radius 1 is 0.906 bits per heavy atom. The quantitative estimate of drug-likeness (QED) is 0.712. The van der Waals surface area contributed by atoms with Gasteiger partial charge >= 0.3 is 0 Å². The molecule has 0 radical (unpaired) electrons. The molecule has 2 heterocycles. The molecule has 8 nitrogen and oxygen atoms in total. The standard InChI is InChI=1S/C23H30N4O4S/c1-19(25-11-13-26(14-12-25)21-5-3-2-4-6-21)23(28)24-20-7-9-22(10-8-20)32(29,30)27-15-17-31-18-16-27/h2-10,19H,11-18H2,1H3,(H,24,28)/t19-/m0/s1. The number of carbonyl (C=O) groups is 1. The largest absolute Gasteiger partial charge is 0.379 e. The van der Waals surface area contributed by atoms with E-state index in [9.17, 15) is 13.2 Å². The van der Waals surface area contributed by atoms with Crippen LogP contribution in [-0.4, -0.2) is 82.1 Å². The molecule has 0 aliphatic carbocycles. The van der Waals surface area contributed by atoms with Gasteiger partial charge in [-0.2, -0.15) is 4.31 Å². The zero-order valence-corrected chi connectivity index (χ0v) is 19.1. The zero-order valence-electron chi connectivity index (χ0n) is 18.3. The number of nitrogens with zero attached hydrogens (tertiary/aromatic N) is 3. The molecule has 2 aromatic rings. The predicted octanol–water partition coefficient (Wildman–Crippen LogP) is 1.86. The summed E-state index contributed by atoms with van der Waals surface area (Å²) in [7, 11) is -3.54. The number of ether oxygens (including phenoxy) is 1. The van der Waals surface area contributed by atoms with Gasteiger partial charge in [0.2, 0.25) is 15.9 Å². The van der Waals surface area contributed by atoms with Crippen molar-refractivity contribution in [1.29, 1.82) is 0 Å². The predicted molar refractivity (Wildman–Crippen MR) is 124 cm³/mol. The first kappa shape index (κ1) is 22.7. The summed E-state index contributed by atoms with van der Waals surface area (Å²) in [5.41, 5.74) is 1.79. The number of nitrogens with one attached hydrogen (secondary N) is 1. The van der Waals surface area contributed by atoms with Crippen LogP contribution in [0.5, 0.6) is 0 Å². The number of sulfonamides is 1. The van der Waals surface area contributed by atoms with Crippen molar-refractivity contribution in [3.05, 3.63) is 54.6 Å². The number of para-hydroxylation sites is 1. The number of amides is 1. The molecule has 172 valence electrons. The normalized spacial score (nSPS) is 19.5. The summed E-state index contributed by atoms with van der Waals surface area (Å²) in [4.78, 5) is 17.5.